The van der Waals surface area contributed by atoms with Gasteiger partial charge in [-0.05, 0) is 71.8 Å². The molecule has 2 aromatic carbocycles. The van der Waals surface area contributed by atoms with Gasteiger partial charge in [0.05, 0.1) is 4.47 Å². The summed E-state index contributed by atoms with van der Waals surface area (Å²) in [6.07, 6.45) is 1.35. The third-order valence-electron chi connectivity index (χ3n) is 5.83. The molecule has 1 N–H and O–H groups in total. The van der Waals surface area contributed by atoms with Crippen LogP contribution in [-0.2, 0) is 16.1 Å². The smallest absolute Gasteiger partial charge is 0.261 e. The molecule has 33 heavy (non-hydrogen) atoms. The van der Waals surface area contributed by atoms with Crippen LogP contribution in [0.4, 0.5) is 0 Å². The molecule has 0 bridgehead atoms. The van der Waals surface area contributed by atoms with E-state index in [0.717, 1.165) is 22.0 Å². The largest absolute Gasteiger partial charge is 0.483 e. The number of carbonyl (C=O) groups is 2. The Balaban J connectivity index is 2.22. The average Bonchev–Trinajstić information content (AvgIpc) is 2.78. The molecular formula is C27H37BrN2O3. The minimum absolute atomic E-state index is 0.0505. The third-order valence-corrected chi connectivity index (χ3v) is 6.45. The van der Waals surface area contributed by atoms with E-state index < -0.39 is 6.04 Å². The molecule has 0 heterocycles. The van der Waals surface area contributed by atoms with Crippen molar-refractivity contribution >= 4 is 27.7 Å². The van der Waals surface area contributed by atoms with E-state index in [4.69, 9.17) is 4.74 Å². The second-order valence-electron chi connectivity index (χ2n) is 8.88. The Bertz CT molecular complexity index is 927. The Labute approximate surface area is 207 Å². The summed E-state index contributed by atoms with van der Waals surface area (Å²) in [5.41, 5.74) is 3.32. The fourth-order valence-corrected chi connectivity index (χ4v) is 3.98. The predicted molar refractivity (Wildman–Crippen MR) is 137 cm³/mol. The highest BCUT2D eigenvalue weighted by molar-refractivity contribution is 9.10. The highest BCUT2D eigenvalue weighted by atomic mass is 79.9. The fraction of sp³-hybridized carbons (Fsp3) is 0.481. The van der Waals surface area contributed by atoms with Crippen molar-refractivity contribution in [2.24, 2.45) is 0 Å². The standard InChI is InChI=1S/C27H37BrN2O3/c1-7-20(6)29-27(32)24(8-2)30(16-21-11-9-19(5)10-12-21)26(31)17-33-25-14-13-22(18(3)4)15-23(25)28/h9-15,18,20,24H,7-8,16-17H2,1-6H3,(H,29,32)/t20-,24+/m1/s1. The van der Waals surface area contributed by atoms with Crippen LogP contribution in [0.15, 0.2) is 46.9 Å². The van der Waals surface area contributed by atoms with E-state index in [9.17, 15) is 9.59 Å². The zero-order valence-electron chi connectivity index (χ0n) is 20.7. The van der Waals surface area contributed by atoms with Gasteiger partial charge in [0, 0.05) is 12.6 Å². The van der Waals surface area contributed by atoms with Crippen LogP contribution in [0, 0.1) is 6.92 Å². The molecule has 6 heteroatoms. The zero-order valence-corrected chi connectivity index (χ0v) is 22.2. The molecule has 2 atom stereocenters. The van der Waals surface area contributed by atoms with Crippen molar-refractivity contribution in [2.75, 3.05) is 6.61 Å². The van der Waals surface area contributed by atoms with E-state index in [1.807, 2.05) is 70.2 Å². The van der Waals surface area contributed by atoms with Gasteiger partial charge in [-0.1, -0.05) is 63.6 Å². The second kappa shape index (κ2) is 12.8. The first-order valence-electron chi connectivity index (χ1n) is 11.7. The maximum atomic E-state index is 13.3. The molecule has 0 saturated heterocycles. The Hall–Kier alpha value is -2.34. The van der Waals surface area contributed by atoms with Gasteiger partial charge < -0.3 is 15.0 Å². The number of hydrogen-bond donors (Lipinski definition) is 1. The number of hydrogen-bond acceptors (Lipinski definition) is 3. The monoisotopic (exact) mass is 516 g/mol. The van der Waals surface area contributed by atoms with Crippen molar-refractivity contribution in [3.05, 3.63) is 63.6 Å². The summed E-state index contributed by atoms with van der Waals surface area (Å²) in [7, 11) is 0. The molecular weight excluding hydrogens is 480 g/mol. The summed E-state index contributed by atoms with van der Waals surface area (Å²) in [6.45, 7) is 12.4. The number of carbonyl (C=O) groups excluding carboxylic acids is 2. The van der Waals surface area contributed by atoms with E-state index in [-0.39, 0.29) is 24.5 Å². The highest BCUT2D eigenvalue weighted by Crippen LogP contribution is 2.29. The highest BCUT2D eigenvalue weighted by Gasteiger charge is 2.29. The summed E-state index contributed by atoms with van der Waals surface area (Å²) < 4.78 is 6.69. The lowest BCUT2D eigenvalue weighted by Crippen LogP contribution is -2.51. The molecule has 0 fully saturated rings. The van der Waals surface area contributed by atoms with Crippen LogP contribution in [0.5, 0.6) is 5.75 Å². The molecule has 0 aromatic heterocycles. The Morgan fingerprint density at radius 3 is 2.24 bits per heavy atom. The molecule has 0 aliphatic heterocycles. The first-order chi connectivity index (χ1) is 15.7. The summed E-state index contributed by atoms with van der Waals surface area (Å²) in [6, 6.07) is 13.4. The molecule has 5 nitrogen and oxygen atoms in total. The van der Waals surface area contributed by atoms with Gasteiger partial charge in [0.2, 0.25) is 5.91 Å². The van der Waals surface area contributed by atoms with Gasteiger partial charge in [-0.3, -0.25) is 9.59 Å². The van der Waals surface area contributed by atoms with Gasteiger partial charge in [-0.25, -0.2) is 0 Å². The predicted octanol–water partition coefficient (Wildman–Crippen LogP) is 5.98. The van der Waals surface area contributed by atoms with Crippen LogP contribution in [0.1, 0.15) is 70.1 Å². The molecule has 2 aromatic rings. The maximum absolute atomic E-state index is 13.3. The van der Waals surface area contributed by atoms with Gasteiger partial charge in [0.1, 0.15) is 11.8 Å². The van der Waals surface area contributed by atoms with Crippen molar-refractivity contribution in [2.45, 2.75) is 78.9 Å². The van der Waals surface area contributed by atoms with Crippen LogP contribution < -0.4 is 10.1 Å². The van der Waals surface area contributed by atoms with Crippen molar-refractivity contribution < 1.29 is 14.3 Å². The van der Waals surface area contributed by atoms with E-state index in [2.05, 4.69) is 35.1 Å². The number of nitrogens with zero attached hydrogens (tertiary/aromatic N) is 1. The van der Waals surface area contributed by atoms with Gasteiger partial charge in [-0.15, -0.1) is 0 Å². The number of ether oxygens (including phenoxy) is 1. The molecule has 0 radical (unpaired) electrons. The number of benzene rings is 2. The van der Waals surface area contributed by atoms with Gasteiger partial charge in [0.25, 0.3) is 5.91 Å². The maximum Gasteiger partial charge on any atom is 0.261 e. The molecule has 0 spiro atoms. The van der Waals surface area contributed by atoms with Crippen molar-refractivity contribution in [3.63, 3.8) is 0 Å². The minimum atomic E-state index is -0.567. The third kappa shape index (κ3) is 7.88. The average molecular weight is 518 g/mol. The van der Waals surface area contributed by atoms with E-state index >= 15 is 0 Å². The van der Waals surface area contributed by atoms with Crippen molar-refractivity contribution in [3.8, 4) is 5.75 Å². The number of nitrogens with one attached hydrogen (secondary N) is 1. The number of aryl methyl sites for hydroxylation is 1. The van der Waals surface area contributed by atoms with Crippen LogP contribution >= 0.6 is 15.9 Å². The van der Waals surface area contributed by atoms with Crippen LogP contribution in [0.25, 0.3) is 0 Å². The Kier molecular flexibility index (Phi) is 10.4. The Morgan fingerprint density at radius 2 is 1.70 bits per heavy atom. The summed E-state index contributed by atoms with van der Waals surface area (Å²) in [5.74, 6) is 0.660. The molecule has 2 rings (SSSR count). The summed E-state index contributed by atoms with van der Waals surface area (Å²) in [5, 5.41) is 3.03. The second-order valence-corrected chi connectivity index (χ2v) is 9.74. The lowest BCUT2D eigenvalue weighted by Gasteiger charge is -2.31. The summed E-state index contributed by atoms with van der Waals surface area (Å²) in [4.78, 5) is 28.0. The fourth-order valence-electron chi connectivity index (χ4n) is 3.47. The Morgan fingerprint density at radius 1 is 1.03 bits per heavy atom. The first kappa shape index (κ1) is 26.9. The van der Waals surface area contributed by atoms with E-state index in [1.165, 1.54) is 5.56 Å². The van der Waals surface area contributed by atoms with Crippen LogP contribution in [-0.4, -0.2) is 35.4 Å². The molecule has 2 amide bonds. The van der Waals surface area contributed by atoms with Crippen molar-refractivity contribution in [1.29, 1.82) is 0 Å². The zero-order chi connectivity index (χ0) is 24.5. The summed E-state index contributed by atoms with van der Waals surface area (Å²) >= 11 is 3.55. The number of rotatable bonds is 11. The van der Waals surface area contributed by atoms with Crippen LogP contribution in [0.3, 0.4) is 0 Å². The van der Waals surface area contributed by atoms with Crippen molar-refractivity contribution in [1.82, 2.24) is 10.2 Å². The van der Waals surface area contributed by atoms with Gasteiger partial charge in [0.15, 0.2) is 6.61 Å². The minimum Gasteiger partial charge on any atom is -0.483 e. The molecule has 0 aliphatic carbocycles. The quantitative estimate of drug-likeness (QED) is 0.399. The van der Waals surface area contributed by atoms with Crippen LogP contribution in [0.2, 0.25) is 0 Å². The topological polar surface area (TPSA) is 58.6 Å². The van der Waals surface area contributed by atoms with E-state index in [1.54, 1.807) is 4.90 Å². The van der Waals surface area contributed by atoms with E-state index in [0.29, 0.717) is 24.6 Å². The molecule has 180 valence electrons. The normalized spacial score (nSPS) is 12.8. The molecule has 0 aliphatic rings. The molecule has 0 unspecified atom stereocenters. The SMILES string of the molecule is CC[C@@H](C)NC(=O)[C@H](CC)N(Cc1ccc(C)cc1)C(=O)COc1ccc(C(C)C)cc1Br. The number of amides is 2. The number of halogens is 1. The first-order valence-corrected chi connectivity index (χ1v) is 12.5. The lowest BCUT2D eigenvalue weighted by atomic mass is 10.0. The molecule has 0 saturated carbocycles. The van der Waals surface area contributed by atoms with Gasteiger partial charge >= 0.3 is 0 Å². The lowest BCUT2D eigenvalue weighted by molar-refractivity contribution is -0.143. The van der Waals surface area contributed by atoms with Gasteiger partial charge in [-0.2, -0.15) is 0 Å².